The maximum atomic E-state index is 13.0. The van der Waals surface area contributed by atoms with E-state index in [0.29, 0.717) is 29.1 Å². The molecule has 6 heteroatoms. The van der Waals surface area contributed by atoms with E-state index in [9.17, 15) is 14.4 Å². The molecule has 0 unspecified atom stereocenters. The van der Waals surface area contributed by atoms with Gasteiger partial charge < -0.3 is 14.5 Å². The van der Waals surface area contributed by atoms with Crippen LogP contribution in [-0.2, 0) is 13.0 Å². The fourth-order valence-electron chi connectivity index (χ4n) is 4.20. The van der Waals surface area contributed by atoms with E-state index in [1.807, 2.05) is 17.9 Å². The van der Waals surface area contributed by atoms with Crippen LogP contribution in [0.4, 0.5) is 0 Å². The van der Waals surface area contributed by atoms with E-state index in [2.05, 4.69) is 29.2 Å². The molecular formula is C23H25N3O3. The summed E-state index contributed by atoms with van der Waals surface area (Å²) >= 11 is 0. The lowest BCUT2D eigenvalue weighted by Gasteiger charge is -2.32. The number of carbonyl (C=O) groups excluding carboxylic acids is 1. The van der Waals surface area contributed by atoms with Gasteiger partial charge in [0, 0.05) is 25.2 Å². The first kappa shape index (κ1) is 19.2. The number of aryl methyl sites for hydroxylation is 1. The van der Waals surface area contributed by atoms with Crippen molar-refractivity contribution in [3.05, 3.63) is 80.4 Å². The van der Waals surface area contributed by atoms with Gasteiger partial charge in [0.05, 0.1) is 11.0 Å². The van der Waals surface area contributed by atoms with Gasteiger partial charge in [0.25, 0.3) is 5.91 Å². The zero-order valence-corrected chi connectivity index (χ0v) is 16.6. The van der Waals surface area contributed by atoms with Crippen molar-refractivity contribution >= 4 is 16.9 Å². The third-order valence-electron chi connectivity index (χ3n) is 5.81. The molecule has 1 aromatic heterocycles. The van der Waals surface area contributed by atoms with Crippen molar-refractivity contribution in [2.75, 3.05) is 13.1 Å². The summed E-state index contributed by atoms with van der Waals surface area (Å²) in [5.74, 6) is 0.563. The molecule has 1 aliphatic heterocycles. The second-order valence-corrected chi connectivity index (χ2v) is 7.66. The molecule has 150 valence electrons. The van der Waals surface area contributed by atoms with E-state index in [-0.39, 0.29) is 5.91 Å². The second kappa shape index (κ2) is 8.07. The Morgan fingerprint density at radius 1 is 1.07 bits per heavy atom. The number of fused-ring (bicyclic) bond motifs is 1. The Hall–Kier alpha value is -3.15. The van der Waals surface area contributed by atoms with Gasteiger partial charge in [-0.2, -0.15) is 0 Å². The van der Waals surface area contributed by atoms with Crippen LogP contribution in [0.5, 0.6) is 0 Å². The molecule has 0 spiro atoms. The number of hydrogen-bond acceptors (Lipinski definition) is 3. The maximum Gasteiger partial charge on any atom is 0.316 e. The lowest BCUT2D eigenvalue weighted by Crippen LogP contribution is -2.39. The molecule has 0 bridgehead atoms. The van der Waals surface area contributed by atoms with Crippen molar-refractivity contribution in [3.8, 4) is 0 Å². The van der Waals surface area contributed by atoms with Gasteiger partial charge in [0.15, 0.2) is 0 Å². The van der Waals surface area contributed by atoms with Crippen LogP contribution in [0.2, 0.25) is 0 Å². The summed E-state index contributed by atoms with van der Waals surface area (Å²) in [6, 6.07) is 15.6. The van der Waals surface area contributed by atoms with E-state index in [4.69, 9.17) is 0 Å². The number of rotatable bonds is 4. The van der Waals surface area contributed by atoms with Gasteiger partial charge in [-0.3, -0.25) is 14.4 Å². The molecule has 2 heterocycles. The minimum atomic E-state index is -0.661. The largest absolute Gasteiger partial charge is 0.339 e. The van der Waals surface area contributed by atoms with E-state index in [1.165, 1.54) is 10.1 Å². The standard InChI is InChI=1S/C23H25N3O3/c1-2-26-20-9-8-18(15-19(20)24-21(27)23(26)29)22(28)25-12-10-17(11-13-25)14-16-6-4-3-5-7-16/h3-9,15,17H,2,10-14H2,1H3,(H,24,27). The topological polar surface area (TPSA) is 75.2 Å². The number of likely N-dealkylation sites (tertiary alicyclic amines) is 1. The smallest absolute Gasteiger partial charge is 0.316 e. The number of carbonyl (C=O) groups is 1. The molecule has 0 atom stereocenters. The maximum absolute atomic E-state index is 13.0. The van der Waals surface area contributed by atoms with Gasteiger partial charge in [-0.15, -0.1) is 0 Å². The third-order valence-corrected chi connectivity index (χ3v) is 5.81. The third kappa shape index (κ3) is 3.88. The highest BCUT2D eigenvalue weighted by Gasteiger charge is 2.24. The minimum absolute atomic E-state index is 0.0276. The highest BCUT2D eigenvalue weighted by molar-refractivity contribution is 5.97. The van der Waals surface area contributed by atoms with Crippen LogP contribution >= 0.6 is 0 Å². The van der Waals surface area contributed by atoms with Gasteiger partial charge in [0.1, 0.15) is 0 Å². The molecule has 6 nitrogen and oxygen atoms in total. The molecule has 0 aliphatic carbocycles. The Kier molecular flexibility index (Phi) is 5.34. The fraction of sp³-hybridized carbons (Fsp3) is 0.348. The molecule has 4 rings (SSSR count). The van der Waals surface area contributed by atoms with E-state index in [1.54, 1.807) is 18.2 Å². The van der Waals surface area contributed by atoms with Crippen LogP contribution in [0.3, 0.4) is 0 Å². The summed E-state index contributed by atoms with van der Waals surface area (Å²) < 4.78 is 1.43. The molecule has 1 amide bonds. The first-order valence-electron chi connectivity index (χ1n) is 10.2. The predicted octanol–water partition coefficient (Wildman–Crippen LogP) is 2.80. The van der Waals surface area contributed by atoms with Gasteiger partial charge in [0.2, 0.25) is 0 Å². The Labute approximate surface area is 168 Å². The van der Waals surface area contributed by atoms with Crippen molar-refractivity contribution in [1.29, 1.82) is 0 Å². The number of benzene rings is 2. The first-order valence-corrected chi connectivity index (χ1v) is 10.2. The summed E-state index contributed by atoms with van der Waals surface area (Å²) in [6.07, 6.45) is 3.02. The molecule has 1 aliphatic rings. The van der Waals surface area contributed by atoms with Crippen LogP contribution in [-0.4, -0.2) is 33.4 Å². The number of nitrogens with one attached hydrogen (secondary N) is 1. The van der Waals surface area contributed by atoms with Gasteiger partial charge >= 0.3 is 11.1 Å². The highest BCUT2D eigenvalue weighted by Crippen LogP contribution is 2.23. The van der Waals surface area contributed by atoms with Crippen molar-refractivity contribution in [1.82, 2.24) is 14.5 Å². The molecule has 29 heavy (non-hydrogen) atoms. The first-order chi connectivity index (χ1) is 14.1. The Balaban J connectivity index is 1.49. The van der Waals surface area contributed by atoms with Crippen LogP contribution in [0.15, 0.2) is 58.1 Å². The number of nitrogens with zero attached hydrogens (tertiary/aromatic N) is 2. The summed E-state index contributed by atoms with van der Waals surface area (Å²) in [6.45, 7) is 3.69. The molecular weight excluding hydrogens is 366 g/mol. The van der Waals surface area contributed by atoms with Gasteiger partial charge in [-0.05, 0) is 55.9 Å². The average Bonchev–Trinajstić information content (AvgIpc) is 2.75. The summed E-state index contributed by atoms with van der Waals surface area (Å²) in [4.78, 5) is 41.4. The van der Waals surface area contributed by atoms with Crippen LogP contribution < -0.4 is 11.1 Å². The molecule has 0 saturated carbocycles. The molecule has 1 fully saturated rings. The van der Waals surface area contributed by atoms with E-state index >= 15 is 0 Å². The predicted molar refractivity (Wildman–Crippen MR) is 113 cm³/mol. The lowest BCUT2D eigenvalue weighted by molar-refractivity contribution is 0.0690. The highest BCUT2D eigenvalue weighted by atomic mass is 16.2. The molecule has 3 aromatic rings. The van der Waals surface area contributed by atoms with Crippen LogP contribution in [0.1, 0.15) is 35.7 Å². The monoisotopic (exact) mass is 391 g/mol. The zero-order valence-electron chi connectivity index (χ0n) is 16.6. The minimum Gasteiger partial charge on any atom is -0.339 e. The molecule has 0 radical (unpaired) electrons. The number of hydrogen-bond donors (Lipinski definition) is 1. The second-order valence-electron chi connectivity index (χ2n) is 7.66. The Morgan fingerprint density at radius 3 is 2.48 bits per heavy atom. The summed E-state index contributed by atoms with van der Waals surface area (Å²) in [5, 5.41) is 0. The quantitative estimate of drug-likeness (QED) is 0.695. The van der Waals surface area contributed by atoms with E-state index < -0.39 is 11.1 Å². The number of amides is 1. The van der Waals surface area contributed by atoms with Crippen molar-refractivity contribution in [3.63, 3.8) is 0 Å². The molecule has 1 saturated heterocycles. The number of aromatic amines is 1. The fourth-order valence-corrected chi connectivity index (χ4v) is 4.20. The number of aromatic nitrogens is 2. The van der Waals surface area contributed by atoms with Crippen molar-refractivity contribution < 1.29 is 4.79 Å². The van der Waals surface area contributed by atoms with E-state index in [0.717, 1.165) is 32.4 Å². The summed E-state index contributed by atoms with van der Waals surface area (Å²) in [5.41, 5.74) is 1.80. The average molecular weight is 391 g/mol. The number of piperidine rings is 1. The van der Waals surface area contributed by atoms with Gasteiger partial charge in [-0.25, -0.2) is 0 Å². The molecule has 2 aromatic carbocycles. The van der Waals surface area contributed by atoms with Crippen molar-refractivity contribution in [2.45, 2.75) is 32.7 Å². The summed E-state index contributed by atoms with van der Waals surface area (Å²) in [7, 11) is 0. The molecule has 1 N–H and O–H groups in total. The van der Waals surface area contributed by atoms with Crippen molar-refractivity contribution in [2.24, 2.45) is 5.92 Å². The Morgan fingerprint density at radius 2 is 1.79 bits per heavy atom. The normalized spacial score (nSPS) is 15.0. The van der Waals surface area contributed by atoms with Crippen LogP contribution in [0, 0.1) is 5.92 Å². The number of H-pyrrole nitrogens is 1. The Bertz CT molecular complexity index is 1140. The lowest BCUT2D eigenvalue weighted by atomic mass is 9.90. The zero-order chi connectivity index (χ0) is 20.4. The SMILES string of the molecule is CCn1c(=O)c(=O)[nH]c2cc(C(=O)N3CCC(Cc4ccccc4)CC3)ccc21. The van der Waals surface area contributed by atoms with Crippen LogP contribution in [0.25, 0.3) is 11.0 Å². The van der Waals surface area contributed by atoms with Gasteiger partial charge in [-0.1, -0.05) is 30.3 Å².